The summed E-state index contributed by atoms with van der Waals surface area (Å²) in [5.74, 6) is 0.567. The minimum Gasteiger partial charge on any atom is -0.493 e. The van der Waals surface area contributed by atoms with Crippen molar-refractivity contribution in [1.82, 2.24) is 4.72 Å². The highest BCUT2D eigenvalue weighted by Gasteiger charge is 2.27. The molecule has 0 bridgehead atoms. The monoisotopic (exact) mass is 371 g/mol. The summed E-state index contributed by atoms with van der Waals surface area (Å²) >= 11 is 5.66. The van der Waals surface area contributed by atoms with Gasteiger partial charge in [0, 0.05) is 0 Å². The molecule has 3 rings (SSSR count). The summed E-state index contributed by atoms with van der Waals surface area (Å²) in [4.78, 5) is -0.0923. The van der Waals surface area contributed by atoms with Gasteiger partial charge >= 0.3 is 0 Å². The van der Waals surface area contributed by atoms with Crippen molar-refractivity contribution in [3.05, 3.63) is 52.8 Å². The number of ether oxygens (including phenoxy) is 2. The average Bonchev–Trinajstić information content (AvgIpc) is 2.56. The van der Waals surface area contributed by atoms with Crippen LogP contribution in [-0.4, -0.2) is 28.2 Å². The Morgan fingerprint density at radius 2 is 2.12 bits per heavy atom. The van der Waals surface area contributed by atoms with E-state index in [9.17, 15) is 12.8 Å². The lowest BCUT2D eigenvalue weighted by Gasteiger charge is -2.27. The Bertz CT molecular complexity index is 872. The van der Waals surface area contributed by atoms with E-state index in [4.69, 9.17) is 21.1 Å². The normalized spacial score (nSPS) is 17.0. The van der Waals surface area contributed by atoms with E-state index >= 15 is 0 Å². The van der Waals surface area contributed by atoms with Crippen molar-refractivity contribution in [1.29, 1.82) is 0 Å². The number of para-hydroxylation sites is 1. The van der Waals surface area contributed by atoms with Crippen LogP contribution >= 0.6 is 11.6 Å². The van der Waals surface area contributed by atoms with Gasteiger partial charge in [0.1, 0.15) is 12.4 Å². The summed E-state index contributed by atoms with van der Waals surface area (Å²) in [5.41, 5.74) is 0.852. The summed E-state index contributed by atoms with van der Waals surface area (Å²) in [7, 11) is -2.28. The topological polar surface area (TPSA) is 64.6 Å². The van der Waals surface area contributed by atoms with Crippen LogP contribution in [0, 0.1) is 5.82 Å². The Morgan fingerprint density at radius 3 is 2.83 bits per heavy atom. The lowest BCUT2D eigenvalue weighted by Crippen LogP contribution is -2.42. The van der Waals surface area contributed by atoms with Gasteiger partial charge in [-0.05, 0) is 36.2 Å². The molecule has 1 aliphatic rings. The van der Waals surface area contributed by atoms with Gasteiger partial charge in [0.2, 0.25) is 10.0 Å². The Balaban J connectivity index is 1.80. The van der Waals surface area contributed by atoms with E-state index < -0.39 is 21.9 Å². The molecule has 1 unspecified atom stereocenters. The number of nitrogens with one attached hydrogen (secondary N) is 1. The first-order valence-corrected chi connectivity index (χ1v) is 9.03. The SMILES string of the molecule is COc1cccc2c1OCC(NS(=O)(=O)c1ccc(F)c(Cl)c1)C2. The maximum Gasteiger partial charge on any atom is 0.241 e. The molecule has 0 amide bonds. The van der Waals surface area contributed by atoms with Gasteiger partial charge in [-0.1, -0.05) is 23.7 Å². The average molecular weight is 372 g/mol. The summed E-state index contributed by atoms with van der Waals surface area (Å²) in [6.07, 6.45) is 0.459. The van der Waals surface area contributed by atoms with Crippen LogP contribution in [-0.2, 0) is 16.4 Å². The molecule has 128 valence electrons. The van der Waals surface area contributed by atoms with Gasteiger partial charge in [-0.2, -0.15) is 0 Å². The van der Waals surface area contributed by atoms with Crippen LogP contribution in [0.15, 0.2) is 41.3 Å². The second-order valence-corrected chi connectivity index (χ2v) is 7.48. The van der Waals surface area contributed by atoms with Crippen LogP contribution in [0.5, 0.6) is 11.5 Å². The molecule has 0 saturated heterocycles. The Hall–Kier alpha value is -1.83. The first kappa shape index (κ1) is 17.0. The highest BCUT2D eigenvalue weighted by atomic mass is 35.5. The number of rotatable bonds is 4. The molecule has 24 heavy (non-hydrogen) atoms. The van der Waals surface area contributed by atoms with Crippen molar-refractivity contribution in [2.45, 2.75) is 17.4 Å². The van der Waals surface area contributed by atoms with Crippen molar-refractivity contribution in [2.24, 2.45) is 0 Å². The van der Waals surface area contributed by atoms with Gasteiger partial charge in [0.25, 0.3) is 0 Å². The van der Waals surface area contributed by atoms with Crippen molar-refractivity contribution < 1.29 is 22.3 Å². The summed E-state index contributed by atoms with van der Waals surface area (Å²) in [6.45, 7) is 0.168. The number of methoxy groups -OCH3 is 1. The minimum atomic E-state index is -3.83. The van der Waals surface area contributed by atoms with Gasteiger partial charge in [-0.25, -0.2) is 17.5 Å². The van der Waals surface area contributed by atoms with Crippen molar-refractivity contribution >= 4 is 21.6 Å². The molecule has 8 heteroatoms. The van der Waals surface area contributed by atoms with Gasteiger partial charge in [0.05, 0.1) is 23.1 Å². The number of halogens is 2. The lowest BCUT2D eigenvalue weighted by atomic mass is 10.0. The van der Waals surface area contributed by atoms with Crippen molar-refractivity contribution in [3.8, 4) is 11.5 Å². The summed E-state index contributed by atoms with van der Waals surface area (Å²) in [5, 5.41) is -0.243. The zero-order chi connectivity index (χ0) is 17.3. The van der Waals surface area contributed by atoms with Crippen LogP contribution in [0.2, 0.25) is 5.02 Å². The van der Waals surface area contributed by atoms with Crippen molar-refractivity contribution in [2.75, 3.05) is 13.7 Å². The van der Waals surface area contributed by atoms with E-state index in [1.54, 1.807) is 13.2 Å². The maximum atomic E-state index is 13.2. The van der Waals surface area contributed by atoms with E-state index in [2.05, 4.69) is 4.72 Å². The number of hydrogen-bond acceptors (Lipinski definition) is 4. The van der Waals surface area contributed by atoms with Crippen molar-refractivity contribution in [3.63, 3.8) is 0 Å². The first-order valence-electron chi connectivity index (χ1n) is 7.17. The molecule has 1 N–H and O–H groups in total. The largest absolute Gasteiger partial charge is 0.493 e. The van der Waals surface area contributed by atoms with Crippen LogP contribution in [0.25, 0.3) is 0 Å². The third-order valence-corrected chi connectivity index (χ3v) is 5.51. The molecule has 0 saturated carbocycles. The van der Waals surface area contributed by atoms with Gasteiger partial charge in [-0.15, -0.1) is 0 Å². The van der Waals surface area contributed by atoms with E-state index in [0.717, 1.165) is 17.7 Å². The lowest BCUT2D eigenvalue weighted by molar-refractivity contribution is 0.240. The fourth-order valence-electron chi connectivity index (χ4n) is 2.56. The quantitative estimate of drug-likeness (QED) is 0.897. The summed E-state index contributed by atoms with van der Waals surface area (Å²) < 4.78 is 51.5. The van der Waals surface area contributed by atoms with Gasteiger partial charge in [0.15, 0.2) is 11.5 Å². The standard InChI is InChI=1S/C16H15ClFNO4S/c1-22-15-4-2-3-10-7-11(9-23-16(10)15)19-24(20,21)12-5-6-14(18)13(17)8-12/h2-6,8,11,19H,7,9H2,1H3. The molecule has 0 fully saturated rings. The maximum absolute atomic E-state index is 13.2. The fraction of sp³-hybridized carbons (Fsp3) is 0.250. The fourth-order valence-corrected chi connectivity index (χ4v) is 4.05. The predicted octanol–water partition coefficient (Wildman–Crippen LogP) is 2.77. The number of benzene rings is 2. The molecule has 1 atom stereocenters. The second kappa shape index (κ2) is 6.58. The van der Waals surface area contributed by atoms with E-state index in [1.165, 1.54) is 6.07 Å². The molecular formula is C16H15ClFNO4S. The zero-order valence-corrected chi connectivity index (χ0v) is 14.3. The minimum absolute atomic E-state index is 0.0923. The van der Waals surface area contributed by atoms with Crippen LogP contribution in [0.1, 0.15) is 5.56 Å². The Kier molecular flexibility index (Phi) is 4.67. The summed E-state index contributed by atoms with van der Waals surface area (Å²) in [6, 6.07) is 8.28. The first-order chi connectivity index (χ1) is 11.4. The zero-order valence-electron chi connectivity index (χ0n) is 12.8. The number of hydrogen-bond donors (Lipinski definition) is 1. The van der Waals surface area contributed by atoms with Crippen LogP contribution < -0.4 is 14.2 Å². The van der Waals surface area contributed by atoms with Gasteiger partial charge < -0.3 is 9.47 Å². The van der Waals surface area contributed by atoms with Gasteiger partial charge in [-0.3, -0.25) is 0 Å². The molecule has 2 aromatic carbocycles. The van der Waals surface area contributed by atoms with E-state index in [0.29, 0.717) is 17.9 Å². The molecule has 0 aliphatic carbocycles. The number of sulfonamides is 1. The Morgan fingerprint density at radius 1 is 1.33 bits per heavy atom. The molecule has 0 radical (unpaired) electrons. The van der Waals surface area contributed by atoms with E-state index in [1.807, 2.05) is 12.1 Å². The molecule has 0 aromatic heterocycles. The third-order valence-electron chi connectivity index (χ3n) is 3.70. The smallest absolute Gasteiger partial charge is 0.241 e. The molecule has 0 spiro atoms. The highest BCUT2D eigenvalue weighted by molar-refractivity contribution is 7.89. The van der Waals surface area contributed by atoms with Crippen LogP contribution in [0.3, 0.4) is 0 Å². The highest BCUT2D eigenvalue weighted by Crippen LogP contribution is 2.34. The van der Waals surface area contributed by atoms with Crippen LogP contribution in [0.4, 0.5) is 4.39 Å². The Labute approximate surface area is 144 Å². The third kappa shape index (κ3) is 3.33. The molecule has 2 aromatic rings. The molecule has 1 heterocycles. The molecule has 1 aliphatic heterocycles. The molecule has 5 nitrogen and oxygen atoms in total. The molecular weight excluding hydrogens is 357 g/mol. The van der Waals surface area contributed by atoms with E-state index in [-0.39, 0.29) is 16.5 Å². The second-order valence-electron chi connectivity index (χ2n) is 5.36. The number of fused-ring (bicyclic) bond motifs is 1. The predicted molar refractivity (Wildman–Crippen MR) is 87.7 cm³/mol.